The third kappa shape index (κ3) is 8.05. The number of hydrogen-bond donors (Lipinski definition) is 0. The maximum absolute atomic E-state index is 11.6. The van der Waals surface area contributed by atoms with Gasteiger partial charge in [0.15, 0.2) is 0 Å². The van der Waals surface area contributed by atoms with E-state index < -0.39 is 23.9 Å². The van der Waals surface area contributed by atoms with Crippen molar-refractivity contribution in [1.29, 1.82) is 0 Å². The van der Waals surface area contributed by atoms with E-state index in [2.05, 4.69) is 9.47 Å². The van der Waals surface area contributed by atoms with Gasteiger partial charge in [-0.15, -0.1) is 0 Å². The molecule has 0 aliphatic rings. The highest BCUT2D eigenvalue weighted by Gasteiger charge is 2.13. The van der Waals surface area contributed by atoms with Gasteiger partial charge < -0.3 is 9.47 Å². The molecule has 0 heterocycles. The van der Waals surface area contributed by atoms with Gasteiger partial charge in [-0.2, -0.15) is 0 Å². The highest BCUT2D eigenvalue weighted by molar-refractivity contribution is 5.97. The second-order valence-electron chi connectivity index (χ2n) is 5.57. The van der Waals surface area contributed by atoms with Crippen LogP contribution >= 0.6 is 0 Å². The summed E-state index contributed by atoms with van der Waals surface area (Å²) in [6, 6.07) is 18.0. The molecule has 0 unspecified atom stereocenters. The summed E-state index contributed by atoms with van der Waals surface area (Å²) in [4.78, 5) is 46.3. The number of benzene rings is 2. The van der Waals surface area contributed by atoms with Crippen LogP contribution in [0.3, 0.4) is 0 Å². The Bertz CT molecular complexity index is 806. The van der Waals surface area contributed by atoms with Gasteiger partial charge in [0.25, 0.3) is 0 Å². The molecule has 0 aliphatic carbocycles. The smallest absolute Gasteiger partial charge is 0.338 e. The number of ether oxygens (including phenoxy) is 2. The minimum atomic E-state index is -0.882. The van der Waals surface area contributed by atoms with E-state index >= 15 is 0 Å². The molecule has 0 fully saturated rings. The minimum Gasteiger partial charge on any atom is -0.390 e. The molecule has 0 saturated carbocycles. The van der Waals surface area contributed by atoms with Crippen LogP contribution in [0, 0.1) is 0 Å². The zero-order valence-corrected chi connectivity index (χ0v) is 14.9. The van der Waals surface area contributed by atoms with E-state index in [4.69, 9.17) is 0 Å². The minimum absolute atomic E-state index is 0.376. The molecule has 6 nitrogen and oxygen atoms in total. The van der Waals surface area contributed by atoms with Crippen LogP contribution in [0.4, 0.5) is 0 Å². The van der Waals surface area contributed by atoms with E-state index in [1.54, 1.807) is 48.5 Å². The third-order valence-corrected chi connectivity index (χ3v) is 3.38. The number of esters is 4. The highest BCUT2D eigenvalue weighted by atomic mass is 16.6. The Labute approximate surface area is 162 Å². The molecule has 142 valence electrons. The summed E-state index contributed by atoms with van der Waals surface area (Å²) in [5.41, 5.74) is 1.55. The van der Waals surface area contributed by atoms with Crippen molar-refractivity contribution >= 4 is 36.0 Å². The summed E-state index contributed by atoms with van der Waals surface area (Å²) in [7, 11) is 0. The monoisotopic (exact) mass is 378 g/mol. The summed E-state index contributed by atoms with van der Waals surface area (Å²) in [5, 5.41) is 0. The van der Waals surface area contributed by atoms with E-state index in [1.807, 2.05) is 12.1 Å². The number of carbonyl (C=O) groups is 4. The molecule has 0 spiro atoms. The molecular formula is C22H18O6. The van der Waals surface area contributed by atoms with Crippen LogP contribution in [-0.2, 0) is 28.7 Å². The maximum atomic E-state index is 11.6. The molecule has 6 heteroatoms. The zero-order valence-electron chi connectivity index (χ0n) is 14.9. The number of carbonyl (C=O) groups excluding carboxylic acids is 4. The van der Waals surface area contributed by atoms with Gasteiger partial charge in [0.1, 0.15) is 0 Å². The van der Waals surface area contributed by atoms with Gasteiger partial charge >= 0.3 is 23.9 Å². The summed E-state index contributed by atoms with van der Waals surface area (Å²) in [6.45, 7) is 0. The van der Waals surface area contributed by atoms with Crippen LogP contribution in [0.2, 0.25) is 0 Å². The van der Waals surface area contributed by atoms with Crippen molar-refractivity contribution in [3.63, 3.8) is 0 Å². The predicted octanol–water partition coefficient (Wildman–Crippen LogP) is 3.33. The molecule has 0 amide bonds. The Morgan fingerprint density at radius 2 is 0.964 bits per heavy atom. The second-order valence-corrected chi connectivity index (χ2v) is 5.57. The van der Waals surface area contributed by atoms with Gasteiger partial charge in [0, 0.05) is 12.2 Å². The Kier molecular flexibility index (Phi) is 8.08. The Morgan fingerprint density at radius 1 is 0.607 bits per heavy atom. The van der Waals surface area contributed by atoms with Gasteiger partial charge in [0.2, 0.25) is 0 Å². The quantitative estimate of drug-likeness (QED) is 0.417. The highest BCUT2D eigenvalue weighted by Crippen LogP contribution is 2.04. The summed E-state index contributed by atoms with van der Waals surface area (Å²) < 4.78 is 9.12. The largest absolute Gasteiger partial charge is 0.390 e. The average molecular weight is 378 g/mol. The average Bonchev–Trinajstić information content (AvgIpc) is 2.71. The second kappa shape index (κ2) is 11.0. The first-order chi connectivity index (χ1) is 13.5. The summed E-state index contributed by atoms with van der Waals surface area (Å²) in [5.74, 6) is -3.45. The lowest BCUT2D eigenvalue weighted by Gasteiger charge is -2.01. The van der Waals surface area contributed by atoms with Gasteiger partial charge in [-0.1, -0.05) is 60.7 Å². The Hall–Kier alpha value is -3.80. The zero-order chi connectivity index (χ0) is 20.2. The molecule has 0 aromatic heterocycles. The van der Waals surface area contributed by atoms with E-state index in [9.17, 15) is 19.2 Å². The van der Waals surface area contributed by atoms with Crippen LogP contribution < -0.4 is 0 Å². The number of hydrogen-bond acceptors (Lipinski definition) is 6. The molecule has 0 N–H and O–H groups in total. The predicted molar refractivity (Wildman–Crippen MR) is 102 cm³/mol. The first-order valence-corrected chi connectivity index (χ1v) is 8.48. The van der Waals surface area contributed by atoms with Crippen molar-refractivity contribution in [1.82, 2.24) is 0 Å². The summed E-state index contributed by atoms with van der Waals surface area (Å²) >= 11 is 0. The summed E-state index contributed by atoms with van der Waals surface area (Å²) in [6.07, 6.45) is 4.48. The first-order valence-electron chi connectivity index (χ1n) is 8.48. The molecule has 2 aromatic carbocycles. The SMILES string of the molecule is O=C(/C=C/c1ccccc1)OC(=O)CCC(=O)OC(=O)/C=C/c1ccccc1. The van der Waals surface area contributed by atoms with Crippen LogP contribution in [0.5, 0.6) is 0 Å². The van der Waals surface area contributed by atoms with Crippen molar-refractivity contribution < 1.29 is 28.7 Å². The van der Waals surface area contributed by atoms with Crippen LogP contribution in [0.1, 0.15) is 24.0 Å². The van der Waals surface area contributed by atoms with E-state index in [0.717, 1.165) is 23.3 Å². The maximum Gasteiger partial charge on any atom is 0.338 e. The molecular weight excluding hydrogens is 360 g/mol. The molecule has 0 atom stereocenters. The van der Waals surface area contributed by atoms with E-state index in [-0.39, 0.29) is 12.8 Å². The van der Waals surface area contributed by atoms with Crippen molar-refractivity contribution in [2.45, 2.75) is 12.8 Å². The third-order valence-electron chi connectivity index (χ3n) is 3.38. The Balaban J connectivity index is 1.69. The van der Waals surface area contributed by atoms with Gasteiger partial charge in [-0.25, -0.2) is 9.59 Å². The van der Waals surface area contributed by atoms with Crippen molar-refractivity contribution in [2.24, 2.45) is 0 Å². The lowest BCUT2D eigenvalue weighted by molar-refractivity contribution is -0.161. The molecule has 0 bridgehead atoms. The van der Waals surface area contributed by atoms with Crippen molar-refractivity contribution in [3.05, 3.63) is 83.9 Å². The van der Waals surface area contributed by atoms with Crippen molar-refractivity contribution in [3.8, 4) is 0 Å². The van der Waals surface area contributed by atoms with Crippen molar-refractivity contribution in [2.75, 3.05) is 0 Å². The molecule has 2 rings (SSSR count). The fraction of sp³-hybridized carbons (Fsp3) is 0.0909. The lowest BCUT2D eigenvalue weighted by atomic mass is 10.2. The molecule has 0 saturated heterocycles. The lowest BCUT2D eigenvalue weighted by Crippen LogP contribution is -2.15. The Morgan fingerprint density at radius 3 is 1.32 bits per heavy atom. The molecule has 0 radical (unpaired) electrons. The van der Waals surface area contributed by atoms with Crippen LogP contribution in [-0.4, -0.2) is 23.9 Å². The van der Waals surface area contributed by atoms with Crippen LogP contribution in [0.15, 0.2) is 72.8 Å². The van der Waals surface area contributed by atoms with Gasteiger partial charge in [-0.05, 0) is 23.3 Å². The van der Waals surface area contributed by atoms with E-state index in [1.165, 1.54) is 12.2 Å². The normalized spacial score (nSPS) is 10.7. The molecule has 0 aliphatic heterocycles. The van der Waals surface area contributed by atoms with E-state index in [0.29, 0.717) is 0 Å². The van der Waals surface area contributed by atoms with Gasteiger partial charge in [0.05, 0.1) is 12.8 Å². The fourth-order valence-electron chi connectivity index (χ4n) is 2.06. The fourth-order valence-corrected chi connectivity index (χ4v) is 2.06. The van der Waals surface area contributed by atoms with Crippen LogP contribution in [0.25, 0.3) is 12.2 Å². The first kappa shape index (κ1) is 20.5. The standard InChI is InChI=1S/C22H18O6/c23-19(13-11-17-7-3-1-4-8-17)27-21(25)15-16-22(26)28-20(24)14-12-18-9-5-2-6-10-18/h1-14H,15-16H2/b13-11+,14-12+. The molecule has 28 heavy (non-hydrogen) atoms. The molecule has 2 aromatic rings. The number of rotatable bonds is 7. The topological polar surface area (TPSA) is 86.7 Å². The van der Waals surface area contributed by atoms with Gasteiger partial charge in [-0.3, -0.25) is 9.59 Å².